The zero-order valence-electron chi connectivity index (χ0n) is 24.4. The van der Waals surface area contributed by atoms with Crippen LogP contribution in [0.3, 0.4) is 0 Å². The largest absolute Gasteiger partial charge is 0.496 e. The van der Waals surface area contributed by atoms with Crippen molar-refractivity contribution in [3.05, 3.63) is 58.1 Å². The van der Waals surface area contributed by atoms with Crippen LogP contribution in [0.15, 0.2) is 36.4 Å². The maximum absolute atomic E-state index is 13.3. The first-order valence-electron chi connectivity index (χ1n) is 13.8. The van der Waals surface area contributed by atoms with Crippen molar-refractivity contribution in [3.8, 4) is 5.75 Å². The Balaban J connectivity index is 1.70. The van der Waals surface area contributed by atoms with E-state index in [-0.39, 0.29) is 18.2 Å². The molecule has 1 fully saturated rings. The maximum atomic E-state index is 13.3. The average molecular weight is 555 g/mol. The van der Waals surface area contributed by atoms with Gasteiger partial charge in [0, 0.05) is 24.1 Å². The molecule has 0 atom stereocenters. The summed E-state index contributed by atoms with van der Waals surface area (Å²) in [6.45, 7) is 12.7. The number of nitrogens with one attached hydrogen (secondary N) is 2. The van der Waals surface area contributed by atoms with Crippen molar-refractivity contribution in [1.82, 2.24) is 5.32 Å². The molecule has 0 radical (unpaired) electrons. The van der Waals surface area contributed by atoms with Crippen LogP contribution in [0, 0.1) is 22.7 Å². The summed E-state index contributed by atoms with van der Waals surface area (Å²) in [6, 6.07) is 10.2. The molecule has 0 unspecified atom stereocenters. The lowest BCUT2D eigenvalue weighted by molar-refractivity contribution is -0.128. The van der Waals surface area contributed by atoms with Gasteiger partial charge >= 0.3 is 0 Å². The lowest BCUT2D eigenvalue weighted by Crippen LogP contribution is -2.34. The number of anilines is 1. The van der Waals surface area contributed by atoms with Crippen LogP contribution >= 0.6 is 11.6 Å². The van der Waals surface area contributed by atoms with Gasteiger partial charge in [-0.3, -0.25) is 14.4 Å². The van der Waals surface area contributed by atoms with Crippen molar-refractivity contribution in [2.45, 2.75) is 80.2 Å². The van der Waals surface area contributed by atoms with E-state index in [1.54, 1.807) is 43.5 Å². The molecule has 1 aliphatic rings. The molecule has 0 bridgehead atoms. The maximum Gasteiger partial charge on any atom is 0.257 e. The molecule has 2 aromatic carbocycles. The molecule has 39 heavy (non-hydrogen) atoms. The predicted octanol–water partition coefficient (Wildman–Crippen LogP) is 7.69. The van der Waals surface area contributed by atoms with Gasteiger partial charge in [-0.25, -0.2) is 0 Å². The van der Waals surface area contributed by atoms with Gasteiger partial charge in [0.15, 0.2) is 5.78 Å². The third-order valence-electron chi connectivity index (χ3n) is 7.71. The number of rotatable bonds is 8. The number of Topliss-reactive ketones (excluding diaryl/α,β-unsaturated/α-hetero) is 1. The Labute approximate surface area is 238 Å². The van der Waals surface area contributed by atoms with Crippen LogP contribution in [0.5, 0.6) is 5.75 Å². The summed E-state index contributed by atoms with van der Waals surface area (Å²) in [5.74, 6) is 1.10. The monoisotopic (exact) mass is 554 g/mol. The van der Waals surface area contributed by atoms with Crippen molar-refractivity contribution in [2.75, 3.05) is 12.4 Å². The lowest BCUT2D eigenvalue weighted by atomic mass is 9.69. The second kappa shape index (κ2) is 12.5. The summed E-state index contributed by atoms with van der Waals surface area (Å²) in [5, 5.41) is 6.05. The van der Waals surface area contributed by atoms with E-state index in [0.29, 0.717) is 51.3 Å². The zero-order valence-corrected chi connectivity index (χ0v) is 25.1. The van der Waals surface area contributed by atoms with Gasteiger partial charge in [-0.05, 0) is 78.8 Å². The summed E-state index contributed by atoms with van der Waals surface area (Å²) < 4.78 is 5.48. The van der Waals surface area contributed by atoms with E-state index >= 15 is 0 Å². The molecule has 0 saturated heterocycles. The average Bonchev–Trinajstić information content (AvgIpc) is 2.87. The first-order chi connectivity index (χ1) is 18.2. The molecule has 2 N–H and O–H groups in total. The molecule has 6 nitrogen and oxygen atoms in total. The minimum Gasteiger partial charge on any atom is -0.496 e. The Kier molecular flexibility index (Phi) is 9.87. The fourth-order valence-corrected chi connectivity index (χ4v) is 5.31. The van der Waals surface area contributed by atoms with Crippen molar-refractivity contribution < 1.29 is 19.1 Å². The van der Waals surface area contributed by atoms with E-state index in [9.17, 15) is 14.4 Å². The third-order valence-corrected chi connectivity index (χ3v) is 8.04. The van der Waals surface area contributed by atoms with Crippen LogP contribution in [0.4, 0.5) is 5.69 Å². The quantitative estimate of drug-likeness (QED) is 0.327. The molecule has 0 aromatic heterocycles. The standard InChI is InChI=1S/C32H43ClN2O4/c1-31(2,3)22-11-8-20(9-12-22)17-27(36)25-18-23(13-15-28(25)39-7)35-29(37)24-16-21(10-14-26(24)33)19-34-30(38)32(4,5)6/h10,13-16,18,20,22H,8-9,11-12,17,19H2,1-7H3,(H,34,38)(H,35,37). The summed E-state index contributed by atoms with van der Waals surface area (Å²) in [5.41, 5.74) is 1.80. The summed E-state index contributed by atoms with van der Waals surface area (Å²) in [7, 11) is 1.54. The van der Waals surface area contributed by atoms with Crippen LogP contribution < -0.4 is 15.4 Å². The second-order valence-electron chi connectivity index (χ2n) is 12.8. The number of carbonyl (C=O) groups excluding carboxylic acids is 3. The molecule has 2 aromatic rings. The fourth-order valence-electron chi connectivity index (χ4n) is 5.11. The number of benzene rings is 2. The number of carbonyl (C=O) groups is 3. The van der Waals surface area contributed by atoms with Gasteiger partial charge in [0.05, 0.1) is 23.3 Å². The van der Waals surface area contributed by atoms with E-state index in [1.165, 1.54) is 0 Å². The number of ketones is 1. The first-order valence-corrected chi connectivity index (χ1v) is 14.2. The Morgan fingerprint density at radius 1 is 0.923 bits per heavy atom. The molecular formula is C32H43ClN2O4. The predicted molar refractivity (Wildman–Crippen MR) is 158 cm³/mol. The lowest BCUT2D eigenvalue weighted by Gasteiger charge is -2.36. The van der Waals surface area contributed by atoms with E-state index in [4.69, 9.17) is 16.3 Å². The smallest absolute Gasteiger partial charge is 0.257 e. The SMILES string of the molecule is COc1ccc(NC(=O)c2cc(CNC(=O)C(C)(C)C)ccc2Cl)cc1C(=O)CC1CCC(C(C)(C)C)CC1. The number of amides is 2. The van der Waals surface area contributed by atoms with E-state index in [1.807, 2.05) is 20.8 Å². The normalized spacial score (nSPS) is 17.8. The molecule has 7 heteroatoms. The number of hydrogen-bond donors (Lipinski definition) is 2. The highest BCUT2D eigenvalue weighted by atomic mass is 35.5. The second-order valence-corrected chi connectivity index (χ2v) is 13.2. The van der Waals surface area contributed by atoms with Crippen molar-refractivity contribution >= 4 is 34.9 Å². The molecule has 1 saturated carbocycles. The minimum absolute atomic E-state index is 0.0248. The highest BCUT2D eigenvalue weighted by Gasteiger charge is 2.31. The highest BCUT2D eigenvalue weighted by molar-refractivity contribution is 6.34. The van der Waals surface area contributed by atoms with Gasteiger partial charge in [-0.1, -0.05) is 59.2 Å². The molecule has 0 aliphatic heterocycles. The molecule has 3 rings (SSSR count). The van der Waals surface area contributed by atoms with Gasteiger partial charge < -0.3 is 15.4 Å². The topological polar surface area (TPSA) is 84.5 Å². The van der Waals surface area contributed by atoms with E-state index < -0.39 is 11.3 Å². The molecule has 212 valence electrons. The van der Waals surface area contributed by atoms with Crippen LogP contribution in [0.2, 0.25) is 5.02 Å². The van der Waals surface area contributed by atoms with Gasteiger partial charge in [-0.15, -0.1) is 0 Å². The first kappa shape index (κ1) is 30.7. The summed E-state index contributed by atoms with van der Waals surface area (Å²) >= 11 is 6.35. The van der Waals surface area contributed by atoms with Gasteiger partial charge in [-0.2, -0.15) is 0 Å². The van der Waals surface area contributed by atoms with Gasteiger partial charge in [0.25, 0.3) is 5.91 Å². The van der Waals surface area contributed by atoms with Crippen LogP contribution in [-0.2, 0) is 11.3 Å². The zero-order chi connectivity index (χ0) is 29.0. The van der Waals surface area contributed by atoms with Crippen molar-refractivity contribution in [2.24, 2.45) is 22.7 Å². The Bertz CT molecular complexity index is 1200. The van der Waals surface area contributed by atoms with Crippen molar-refractivity contribution in [1.29, 1.82) is 0 Å². The summed E-state index contributed by atoms with van der Waals surface area (Å²) in [6.07, 6.45) is 4.87. The number of methoxy groups -OCH3 is 1. The number of ether oxygens (including phenoxy) is 1. The third kappa shape index (κ3) is 8.31. The van der Waals surface area contributed by atoms with Gasteiger partial charge in [0.1, 0.15) is 5.75 Å². The van der Waals surface area contributed by atoms with Crippen LogP contribution in [-0.4, -0.2) is 24.7 Å². The van der Waals surface area contributed by atoms with Crippen LogP contribution in [0.1, 0.15) is 99.9 Å². The van der Waals surface area contributed by atoms with Gasteiger partial charge in [0.2, 0.25) is 5.91 Å². The van der Waals surface area contributed by atoms with Crippen LogP contribution in [0.25, 0.3) is 0 Å². The Hall–Kier alpha value is -2.86. The molecule has 2 amide bonds. The molecule has 0 heterocycles. The Morgan fingerprint density at radius 3 is 2.18 bits per heavy atom. The number of halogens is 1. The van der Waals surface area contributed by atoms with E-state index in [0.717, 1.165) is 31.2 Å². The molecule has 1 aliphatic carbocycles. The molecule has 0 spiro atoms. The number of hydrogen-bond acceptors (Lipinski definition) is 4. The highest BCUT2D eigenvalue weighted by Crippen LogP contribution is 2.41. The van der Waals surface area contributed by atoms with E-state index in [2.05, 4.69) is 31.4 Å². The molecular weight excluding hydrogens is 512 g/mol. The Morgan fingerprint density at radius 2 is 1.59 bits per heavy atom. The fraction of sp³-hybridized carbons (Fsp3) is 0.531. The summed E-state index contributed by atoms with van der Waals surface area (Å²) in [4.78, 5) is 38.7. The minimum atomic E-state index is -0.512. The van der Waals surface area contributed by atoms with Crippen molar-refractivity contribution in [3.63, 3.8) is 0 Å².